The van der Waals surface area contributed by atoms with E-state index in [4.69, 9.17) is 0 Å². The van der Waals surface area contributed by atoms with E-state index in [1.54, 1.807) is 0 Å². The fourth-order valence-corrected chi connectivity index (χ4v) is 3.34. The number of phenols is 2. The molecule has 0 amide bonds. The van der Waals surface area contributed by atoms with Gasteiger partial charge in [-0.15, -0.1) is 24.8 Å². The Labute approximate surface area is 233 Å². The Hall–Kier alpha value is -0.897. The van der Waals surface area contributed by atoms with E-state index in [0.29, 0.717) is 11.5 Å². The number of benzene rings is 2. The number of aryl methyl sites for hydroxylation is 2. The number of hydrogen-bond donors (Lipinski definition) is 2. The first-order valence-electron chi connectivity index (χ1n) is 10.5. The molecule has 2 N–H and O–H groups in total. The molecule has 0 heterocycles. The van der Waals surface area contributed by atoms with Gasteiger partial charge >= 0.3 is 0 Å². The van der Waals surface area contributed by atoms with Gasteiger partial charge in [-0.05, 0) is 47.9 Å². The Morgan fingerprint density at radius 1 is 0.576 bits per heavy atom. The molecule has 0 aliphatic rings. The van der Waals surface area contributed by atoms with Crippen molar-refractivity contribution in [1.82, 2.24) is 0 Å². The SMILES string of the molecule is Cc1cc(N(C)C)c(O)c(C(C)(C)C)c1.Cc1cc(N(C)C)c(O)c(C(C)(C)C)c1.Cl.Cl.[Zr]. The molecule has 188 valence electrons. The zero-order chi connectivity index (χ0) is 23.6. The van der Waals surface area contributed by atoms with Crippen LogP contribution in [0, 0.1) is 13.8 Å². The normalized spacial score (nSPS) is 10.5. The van der Waals surface area contributed by atoms with Crippen LogP contribution in [-0.4, -0.2) is 38.4 Å². The molecule has 0 saturated carbocycles. The molecule has 0 atom stereocenters. The molecule has 4 nitrogen and oxygen atoms in total. The molecule has 0 fully saturated rings. The number of hydrogen-bond acceptors (Lipinski definition) is 4. The molecule has 0 aromatic heterocycles. The van der Waals surface area contributed by atoms with Gasteiger partial charge in [0.05, 0.1) is 11.4 Å². The van der Waals surface area contributed by atoms with Gasteiger partial charge in [-0.1, -0.05) is 53.7 Å². The van der Waals surface area contributed by atoms with Crippen molar-refractivity contribution in [2.24, 2.45) is 0 Å². The average Bonchev–Trinajstić information content (AvgIpc) is 2.56. The van der Waals surface area contributed by atoms with Gasteiger partial charge in [-0.2, -0.15) is 0 Å². The molecule has 2 aromatic carbocycles. The first kappa shape index (κ1) is 36.7. The van der Waals surface area contributed by atoms with E-state index in [9.17, 15) is 10.2 Å². The Bertz CT molecular complexity index is 814. The van der Waals surface area contributed by atoms with Gasteiger partial charge in [-0.3, -0.25) is 0 Å². The number of aromatic hydroxyl groups is 2. The molecule has 0 unspecified atom stereocenters. The summed E-state index contributed by atoms with van der Waals surface area (Å²) in [5, 5.41) is 20.4. The largest absolute Gasteiger partial charge is 0.505 e. The summed E-state index contributed by atoms with van der Waals surface area (Å²) >= 11 is 0. The molecule has 0 aliphatic heterocycles. The van der Waals surface area contributed by atoms with E-state index in [1.807, 2.05) is 50.1 Å². The Morgan fingerprint density at radius 3 is 1.00 bits per heavy atom. The minimum atomic E-state index is -0.0269. The zero-order valence-corrected chi connectivity index (χ0v) is 26.5. The third kappa shape index (κ3) is 10.1. The van der Waals surface area contributed by atoms with E-state index in [0.717, 1.165) is 22.5 Å². The zero-order valence-electron chi connectivity index (χ0n) is 22.4. The van der Waals surface area contributed by atoms with Gasteiger partial charge in [0, 0.05) is 65.5 Å². The van der Waals surface area contributed by atoms with E-state index in [-0.39, 0.29) is 61.8 Å². The molecule has 0 spiro atoms. The predicted octanol–water partition coefficient (Wildman–Crippen LogP) is 6.97. The fraction of sp³-hybridized carbons (Fsp3) is 0.538. The minimum absolute atomic E-state index is 0. The molecule has 33 heavy (non-hydrogen) atoms. The molecule has 0 saturated heterocycles. The number of nitrogens with zero attached hydrogens (tertiary/aromatic N) is 2. The molecule has 7 heteroatoms. The standard InChI is InChI=1S/2C13H21NO.2ClH.Zr/c2*1-9-7-10(13(2,3)4)12(15)11(8-9)14(5)6;;;/h2*7-8,15H,1-6H3;2*1H;. The quantitative estimate of drug-likeness (QED) is 0.404. The van der Waals surface area contributed by atoms with Crippen molar-refractivity contribution in [3.63, 3.8) is 0 Å². The van der Waals surface area contributed by atoms with Crippen molar-refractivity contribution >= 4 is 36.2 Å². The summed E-state index contributed by atoms with van der Waals surface area (Å²) < 4.78 is 0. The summed E-state index contributed by atoms with van der Waals surface area (Å²) in [5.41, 5.74) is 6.10. The Balaban J connectivity index is -0.000000500. The third-order valence-electron chi connectivity index (χ3n) is 5.05. The predicted molar refractivity (Wildman–Crippen MR) is 146 cm³/mol. The smallest absolute Gasteiger partial charge is 0.142 e. The third-order valence-corrected chi connectivity index (χ3v) is 5.05. The van der Waals surface area contributed by atoms with Crippen LogP contribution in [0.5, 0.6) is 11.5 Å². The number of halogens is 2. The minimum Gasteiger partial charge on any atom is -0.505 e. The number of phenolic OH excluding ortho intramolecular Hbond substituents is 2. The second-order valence-electron chi connectivity index (χ2n) is 10.6. The maximum atomic E-state index is 10.2. The van der Waals surface area contributed by atoms with Crippen LogP contribution in [0.3, 0.4) is 0 Å². The van der Waals surface area contributed by atoms with E-state index >= 15 is 0 Å². The van der Waals surface area contributed by atoms with E-state index < -0.39 is 0 Å². The second-order valence-corrected chi connectivity index (χ2v) is 10.6. The molecular formula is C26H44Cl2N2O2Zr. The monoisotopic (exact) mass is 576 g/mol. The first-order chi connectivity index (χ1) is 13.5. The van der Waals surface area contributed by atoms with Crippen LogP contribution < -0.4 is 9.80 Å². The Morgan fingerprint density at radius 2 is 0.818 bits per heavy atom. The summed E-state index contributed by atoms with van der Waals surface area (Å²) in [6.45, 7) is 16.8. The van der Waals surface area contributed by atoms with Crippen LogP contribution >= 0.6 is 24.8 Å². The van der Waals surface area contributed by atoms with Crippen LogP contribution in [0.4, 0.5) is 11.4 Å². The first-order valence-corrected chi connectivity index (χ1v) is 10.5. The van der Waals surface area contributed by atoms with Gasteiger partial charge < -0.3 is 20.0 Å². The van der Waals surface area contributed by atoms with E-state index in [2.05, 4.69) is 67.5 Å². The van der Waals surface area contributed by atoms with Crippen molar-refractivity contribution in [3.8, 4) is 11.5 Å². The summed E-state index contributed by atoms with van der Waals surface area (Å²) in [4.78, 5) is 3.88. The van der Waals surface area contributed by atoms with Crippen LogP contribution in [0.25, 0.3) is 0 Å². The topological polar surface area (TPSA) is 46.9 Å². The van der Waals surface area contributed by atoms with Crippen molar-refractivity contribution in [2.45, 2.75) is 66.2 Å². The fourth-order valence-electron chi connectivity index (χ4n) is 3.34. The van der Waals surface area contributed by atoms with Gasteiger partial charge in [0.2, 0.25) is 0 Å². The van der Waals surface area contributed by atoms with Crippen molar-refractivity contribution in [3.05, 3.63) is 46.5 Å². The van der Waals surface area contributed by atoms with Crippen LogP contribution in [0.2, 0.25) is 0 Å². The molecule has 2 rings (SSSR count). The molecule has 0 aliphatic carbocycles. The molecule has 0 radical (unpaired) electrons. The van der Waals surface area contributed by atoms with Gasteiger partial charge in [0.15, 0.2) is 0 Å². The van der Waals surface area contributed by atoms with Gasteiger partial charge in [-0.25, -0.2) is 0 Å². The van der Waals surface area contributed by atoms with Crippen molar-refractivity contribution in [2.75, 3.05) is 38.0 Å². The van der Waals surface area contributed by atoms with Crippen molar-refractivity contribution < 1.29 is 36.4 Å². The maximum Gasteiger partial charge on any atom is 0.142 e. The Kier molecular flexibility index (Phi) is 15.4. The van der Waals surface area contributed by atoms with Gasteiger partial charge in [0.25, 0.3) is 0 Å². The number of anilines is 2. The van der Waals surface area contributed by atoms with Crippen LogP contribution in [0.1, 0.15) is 63.8 Å². The summed E-state index contributed by atoms with van der Waals surface area (Å²) in [7, 11) is 7.78. The van der Waals surface area contributed by atoms with Crippen molar-refractivity contribution in [1.29, 1.82) is 0 Å². The van der Waals surface area contributed by atoms with Crippen LogP contribution in [-0.2, 0) is 37.0 Å². The van der Waals surface area contributed by atoms with E-state index in [1.165, 1.54) is 11.1 Å². The molecular weight excluding hydrogens is 534 g/mol. The molecule has 0 bridgehead atoms. The summed E-state index contributed by atoms with van der Waals surface area (Å²) in [5.74, 6) is 0.802. The summed E-state index contributed by atoms with van der Waals surface area (Å²) in [6, 6.07) is 8.12. The maximum absolute atomic E-state index is 10.2. The van der Waals surface area contributed by atoms with Gasteiger partial charge in [0.1, 0.15) is 11.5 Å². The second kappa shape index (κ2) is 13.9. The number of rotatable bonds is 2. The average molecular weight is 579 g/mol. The molecule has 2 aromatic rings. The summed E-state index contributed by atoms with van der Waals surface area (Å²) in [6.07, 6.45) is 0. The van der Waals surface area contributed by atoms with Crippen LogP contribution in [0.15, 0.2) is 24.3 Å².